The minimum atomic E-state index is 0.583. The average Bonchev–Trinajstić information content (AvgIpc) is 2.99. The molecule has 1 aromatic carbocycles. The largest absolute Gasteiger partial charge is 0.493 e. The van der Waals surface area contributed by atoms with Crippen LogP contribution in [0.15, 0.2) is 24.3 Å². The van der Waals surface area contributed by atoms with Crippen LogP contribution in [-0.4, -0.2) is 6.61 Å². The van der Waals surface area contributed by atoms with E-state index in [0.29, 0.717) is 5.92 Å². The number of benzene rings is 1. The highest BCUT2D eigenvalue weighted by atomic mass is 16.5. The molecule has 0 aromatic heterocycles. The fourth-order valence-corrected chi connectivity index (χ4v) is 1.46. The van der Waals surface area contributed by atoms with Gasteiger partial charge in [-0.3, -0.25) is 0 Å². The van der Waals surface area contributed by atoms with Crippen molar-refractivity contribution in [3.05, 3.63) is 29.8 Å². The molecule has 0 atom stereocenters. The van der Waals surface area contributed by atoms with Gasteiger partial charge in [0.2, 0.25) is 0 Å². The average molecular weight is 190 g/mol. The second-order valence-corrected chi connectivity index (χ2v) is 4.48. The van der Waals surface area contributed by atoms with Gasteiger partial charge in [0, 0.05) is 0 Å². The van der Waals surface area contributed by atoms with Crippen LogP contribution < -0.4 is 4.74 Å². The number of hydrogen-bond acceptors (Lipinski definition) is 1. The van der Waals surface area contributed by atoms with Crippen molar-refractivity contribution in [2.45, 2.75) is 32.6 Å². The minimum absolute atomic E-state index is 0.583. The molecular weight excluding hydrogens is 172 g/mol. The fourth-order valence-electron chi connectivity index (χ4n) is 1.46. The molecule has 76 valence electrons. The van der Waals surface area contributed by atoms with Gasteiger partial charge in [0.1, 0.15) is 5.75 Å². The zero-order chi connectivity index (χ0) is 9.97. The topological polar surface area (TPSA) is 9.23 Å². The Hall–Kier alpha value is -0.980. The molecule has 1 nitrogen and oxygen atoms in total. The van der Waals surface area contributed by atoms with Crippen molar-refractivity contribution in [2.24, 2.45) is 5.92 Å². The molecule has 2 rings (SSSR count). The predicted octanol–water partition coefficient (Wildman–Crippen LogP) is 3.60. The third-order valence-electron chi connectivity index (χ3n) is 2.71. The van der Waals surface area contributed by atoms with E-state index < -0.39 is 0 Å². The summed E-state index contributed by atoms with van der Waals surface area (Å²) in [5, 5.41) is 0. The first-order chi connectivity index (χ1) is 6.75. The van der Waals surface area contributed by atoms with E-state index in [9.17, 15) is 0 Å². The van der Waals surface area contributed by atoms with E-state index in [1.165, 1.54) is 18.4 Å². The Morgan fingerprint density at radius 1 is 1.36 bits per heavy atom. The highest BCUT2D eigenvalue weighted by molar-refractivity contribution is 5.30. The maximum atomic E-state index is 5.72. The predicted molar refractivity (Wildman–Crippen MR) is 58.8 cm³/mol. The van der Waals surface area contributed by atoms with Crippen LogP contribution in [-0.2, 0) is 0 Å². The van der Waals surface area contributed by atoms with E-state index in [1.807, 2.05) is 6.07 Å². The number of ether oxygens (including phenoxy) is 1. The van der Waals surface area contributed by atoms with Crippen molar-refractivity contribution in [3.8, 4) is 5.75 Å². The van der Waals surface area contributed by atoms with Crippen LogP contribution in [0.25, 0.3) is 0 Å². The van der Waals surface area contributed by atoms with Gasteiger partial charge >= 0.3 is 0 Å². The van der Waals surface area contributed by atoms with Crippen LogP contribution in [0.4, 0.5) is 0 Å². The van der Waals surface area contributed by atoms with Gasteiger partial charge in [-0.1, -0.05) is 26.0 Å². The quantitative estimate of drug-likeness (QED) is 0.705. The van der Waals surface area contributed by atoms with Crippen molar-refractivity contribution in [3.63, 3.8) is 0 Å². The molecule has 1 aliphatic rings. The van der Waals surface area contributed by atoms with Crippen LogP contribution in [0.2, 0.25) is 0 Å². The molecule has 14 heavy (non-hydrogen) atoms. The smallest absolute Gasteiger partial charge is 0.119 e. The first-order valence-electron chi connectivity index (χ1n) is 5.48. The Labute approximate surface area is 86.1 Å². The summed E-state index contributed by atoms with van der Waals surface area (Å²) in [7, 11) is 0. The van der Waals surface area contributed by atoms with Gasteiger partial charge < -0.3 is 4.74 Å². The molecule has 1 fully saturated rings. The Bertz CT molecular complexity index is 300. The zero-order valence-electron chi connectivity index (χ0n) is 8.99. The van der Waals surface area contributed by atoms with Gasteiger partial charge in [0.05, 0.1) is 6.61 Å². The Balaban J connectivity index is 1.97. The van der Waals surface area contributed by atoms with Gasteiger partial charge in [-0.05, 0) is 42.4 Å². The summed E-state index contributed by atoms with van der Waals surface area (Å²) in [6.45, 7) is 5.32. The van der Waals surface area contributed by atoms with E-state index in [1.54, 1.807) is 0 Å². The highest BCUT2D eigenvalue weighted by Crippen LogP contribution is 2.30. The molecule has 0 saturated heterocycles. The molecular formula is C13H18O. The standard InChI is InChI=1S/C13H18O/c1-10(2)12-4-3-5-13(8-12)14-9-11-6-7-11/h3-5,8,10-11H,6-7,9H2,1-2H3. The van der Waals surface area contributed by atoms with E-state index in [-0.39, 0.29) is 0 Å². The van der Waals surface area contributed by atoms with Crippen molar-refractivity contribution in [2.75, 3.05) is 6.61 Å². The zero-order valence-corrected chi connectivity index (χ0v) is 8.99. The van der Waals surface area contributed by atoms with Crippen LogP contribution >= 0.6 is 0 Å². The summed E-state index contributed by atoms with van der Waals surface area (Å²) in [6, 6.07) is 8.45. The summed E-state index contributed by atoms with van der Waals surface area (Å²) >= 11 is 0. The van der Waals surface area contributed by atoms with E-state index >= 15 is 0 Å². The summed E-state index contributed by atoms with van der Waals surface area (Å²) in [5.74, 6) is 2.44. The second-order valence-electron chi connectivity index (χ2n) is 4.48. The lowest BCUT2D eigenvalue weighted by Crippen LogP contribution is -1.99. The van der Waals surface area contributed by atoms with Crippen molar-refractivity contribution >= 4 is 0 Å². The molecule has 0 amide bonds. The summed E-state index contributed by atoms with van der Waals surface area (Å²) in [4.78, 5) is 0. The molecule has 0 bridgehead atoms. The summed E-state index contributed by atoms with van der Waals surface area (Å²) < 4.78 is 5.72. The molecule has 0 radical (unpaired) electrons. The first kappa shape index (κ1) is 9.57. The van der Waals surface area contributed by atoms with Crippen LogP contribution in [0.3, 0.4) is 0 Å². The molecule has 0 aliphatic heterocycles. The van der Waals surface area contributed by atoms with Gasteiger partial charge in [0.15, 0.2) is 0 Å². The van der Waals surface area contributed by atoms with Crippen molar-refractivity contribution < 1.29 is 4.74 Å². The number of hydrogen-bond donors (Lipinski definition) is 0. The molecule has 1 aliphatic carbocycles. The minimum Gasteiger partial charge on any atom is -0.493 e. The summed E-state index contributed by atoms with van der Waals surface area (Å²) in [5.41, 5.74) is 1.36. The molecule has 1 saturated carbocycles. The van der Waals surface area contributed by atoms with E-state index in [0.717, 1.165) is 18.3 Å². The third-order valence-corrected chi connectivity index (χ3v) is 2.71. The second kappa shape index (κ2) is 4.04. The third kappa shape index (κ3) is 2.50. The van der Waals surface area contributed by atoms with Gasteiger partial charge in [0.25, 0.3) is 0 Å². The highest BCUT2D eigenvalue weighted by Gasteiger charge is 2.21. The van der Waals surface area contributed by atoms with Crippen molar-refractivity contribution in [1.29, 1.82) is 0 Å². The monoisotopic (exact) mass is 190 g/mol. The van der Waals surface area contributed by atoms with Gasteiger partial charge in [-0.2, -0.15) is 0 Å². The SMILES string of the molecule is CC(C)c1cccc(OCC2CC2)c1. The molecule has 0 N–H and O–H groups in total. The maximum absolute atomic E-state index is 5.72. The molecule has 0 spiro atoms. The molecule has 1 aromatic rings. The Kier molecular flexibility index (Phi) is 2.76. The lowest BCUT2D eigenvalue weighted by Gasteiger charge is -2.09. The van der Waals surface area contributed by atoms with Gasteiger partial charge in [-0.25, -0.2) is 0 Å². The normalized spacial score (nSPS) is 15.9. The van der Waals surface area contributed by atoms with Crippen LogP contribution in [0.5, 0.6) is 5.75 Å². The first-order valence-corrected chi connectivity index (χ1v) is 5.48. The van der Waals surface area contributed by atoms with Crippen LogP contribution in [0, 0.1) is 5.92 Å². The van der Waals surface area contributed by atoms with E-state index in [4.69, 9.17) is 4.74 Å². The van der Waals surface area contributed by atoms with Crippen LogP contribution in [0.1, 0.15) is 38.2 Å². The maximum Gasteiger partial charge on any atom is 0.119 e. The van der Waals surface area contributed by atoms with Gasteiger partial charge in [-0.15, -0.1) is 0 Å². The Morgan fingerprint density at radius 2 is 2.14 bits per heavy atom. The molecule has 1 heteroatoms. The Morgan fingerprint density at radius 3 is 2.79 bits per heavy atom. The molecule has 0 unspecified atom stereocenters. The molecule has 0 heterocycles. The lowest BCUT2D eigenvalue weighted by atomic mass is 10.0. The number of rotatable bonds is 4. The fraction of sp³-hybridized carbons (Fsp3) is 0.538. The van der Waals surface area contributed by atoms with Crippen molar-refractivity contribution in [1.82, 2.24) is 0 Å². The van der Waals surface area contributed by atoms with E-state index in [2.05, 4.69) is 32.0 Å². The summed E-state index contributed by atoms with van der Waals surface area (Å²) in [6.07, 6.45) is 2.70. The lowest BCUT2D eigenvalue weighted by molar-refractivity contribution is 0.299.